The second kappa shape index (κ2) is 10.7. The second-order valence-corrected chi connectivity index (χ2v) is 8.60. The van der Waals surface area contributed by atoms with E-state index in [1.807, 2.05) is 39.0 Å². The number of hydrogen-bond donors (Lipinski definition) is 1. The van der Waals surface area contributed by atoms with Crippen molar-refractivity contribution in [3.05, 3.63) is 76.6 Å². The average Bonchev–Trinajstić information content (AvgIpc) is 3.15. The fourth-order valence-corrected chi connectivity index (χ4v) is 4.57. The molecule has 192 valence electrons. The number of aromatic nitrogens is 1. The fraction of sp³-hybridized carbons (Fsp3) is 0.276. The van der Waals surface area contributed by atoms with Gasteiger partial charge in [0, 0.05) is 23.1 Å². The lowest BCUT2D eigenvalue weighted by atomic mass is 10.1. The highest BCUT2D eigenvalue weighted by Gasteiger charge is 2.38. The van der Waals surface area contributed by atoms with Gasteiger partial charge in [-0.15, -0.1) is 0 Å². The Morgan fingerprint density at radius 2 is 1.62 bits per heavy atom. The van der Waals surface area contributed by atoms with Crippen LogP contribution >= 0.6 is 0 Å². The van der Waals surface area contributed by atoms with Gasteiger partial charge in [0.1, 0.15) is 17.1 Å². The minimum atomic E-state index is -0.834. The maximum Gasteiger partial charge on any atom is 0.336 e. The van der Waals surface area contributed by atoms with Crippen LogP contribution in [0.3, 0.4) is 0 Å². The molecular formula is C29H31N3O5. The van der Waals surface area contributed by atoms with Crippen molar-refractivity contribution in [2.45, 2.75) is 41.0 Å². The molecule has 1 N–H and O–H groups in total. The van der Waals surface area contributed by atoms with Gasteiger partial charge in [0.2, 0.25) is 0 Å². The summed E-state index contributed by atoms with van der Waals surface area (Å²) in [5.41, 5.74) is 4.89. The summed E-state index contributed by atoms with van der Waals surface area (Å²) in [4.78, 5) is 40.1. The van der Waals surface area contributed by atoms with Crippen LogP contribution in [0.1, 0.15) is 43.3 Å². The van der Waals surface area contributed by atoms with Crippen LogP contribution < -0.4 is 19.7 Å². The van der Waals surface area contributed by atoms with Crippen molar-refractivity contribution < 1.29 is 23.9 Å². The highest BCUT2D eigenvalue weighted by atomic mass is 16.5. The van der Waals surface area contributed by atoms with Crippen LogP contribution in [0.25, 0.3) is 11.8 Å². The fourth-order valence-electron chi connectivity index (χ4n) is 4.57. The minimum absolute atomic E-state index is 0.139. The molecule has 0 radical (unpaired) electrons. The van der Waals surface area contributed by atoms with Crippen LogP contribution in [0.4, 0.5) is 10.5 Å². The van der Waals surface area contributed by atoms with Gasteiger partial charge in [-0.25, -0.2) is 9.69 Å². The molecule has 1 saturated heterocycles. The van der Waals surface area contributed by atoms with E-state index in [-0.39, 0.29) is 11.3 Å². The van der Waals surface area contributed by atoms with Gasteiger partial charge in [0.15, 0.2) is 0 Å². The van der Waals surface area contributed by atoms with Gasteiger partial charge in [-0.3, -0.25) is 14.9 Å². The Balaban J connectivity index is 1.77. The van der Waals surface area contributed by atoms with Crippen LogP contribution in [-0.2, 0) is 16.0 Å². The SMILES string of the molecule is CCOc1ccc(N2C(=O)NC(=O)/C(=C\c3cc(C)n(-c4ccccc4CC)c3C)C2=O)c(OCC)c1. The number of carbonyl (C=O) groups is 3. The number of carbonyl (C=O) groups excluding carboxylic acids is 3. The molecule has 0 saturated carbocycles. The summed E-state index contributed by atoms with van der Waals surface area (Å²) in [5.74, 6) is -0.613. The van der Waals surface area contributed by atoms with Crippen molar-refractivity contribution in [2.24, 2.45) is 0 Å². The lowest BCUT2D eigenvalue weighted by molar-refractivity contribution is -0.122. The molecule has 8 heteroatoms. The lowest BCUT2D eigenvalue weighted by Gasteiger charge is -2.28. The Morgan fingerprint density at radius 3 is 2.32 bits per heavy atom. The minimum Gasteiger partial charge on any atom is -0.494 e. The van der Waals surface area contributed by atoms with Crippen molar-refractivity contribution >= 4 is 29.6 Å². The normalized spacial score (nSPS) is 14.8. The zero-order chi connectivity index (χ0) is 26.7. The van der Waals surface area contributed by atoms with Crippen LogP contribution in [0.15, 0.2) is 54.1 Å². The Labute approximate surface area is 216 Å². The number of para-hydroxylation sites is 1. The largest absolute Gasteiger partial charge is 0.494 e. The van der Waals surface area contributed by atoms with E-state index in [1.165, 1.54) is 5.56 Å². The molecule has 3 aromatic rings. The molecule has 1 aliphatic rings. The summed E-state index contributed by atoms with van der Waals surface area (Å²) < 4.78 is 13.3. The van der Waals surface area contributed by atoms with Crippen LogP contribution in [0.2, 0.25) is 0 Å². The highest BCUT2D eigenvalue weighted by molar-refractivity contribution is 6.39. The Bertz CT molecular complexity index is 1400. The van der Waals surface area contributed by atoms with Gasteiger partial charge in [0.25, 0.3) is 11.8 Å². The maximum atomic E-state index is 13.6. The molecule has 0 atom stereocenters. The number of hydrogen-bond acceptors (Lipinski definition) is 5. The number of ether oxygens (including phenoxy) is 2. The van der Waals surface area contributed by atoms with E-state index in [1.54, 1.807) is 31.2 Å². The predicted molar refractivity (Wildman–Crippen MR) is 142 cm³/mol. The first-order valence-electron chi connectivity index (χ1n) is 12.4. The number of nitrogens with one attached hydrogen (secondary N) is 1. The number of imide groups is 2. The average molecular weight is 502 g/mol. The van der Waals surface area contributed by atoms with Gasteiger partial charge in [-0.1, -0.05) is 25.1 Å². The summed E-state index contributed by atoms with van der Waals surface area (Å²) in [6.45, 7) is 10.5. The number of aryl methyl sites for hydroxylation is 2. The summed E-state index contributed by atoms with van der Waals surface area (Å²) >= 11 is 0. The van der Waals surface area contributed by atoms with E-state index >= 15 is 0 Å². The van der Waals surface area contributed by atoms with E-state index in [0.29, 0.717) is 30.3 Å². The van der Waals surface area contributed by atoms with E-state index in [4.69, 9.17) is 9.47 Å². The van der Waals surface area contributed by atoms with Gasteiger partial charge < -0.3 is 14.0 Å². The Kier molecular flexibility index (Phi) is 7.47. The Hall–Kier alpha value is -4.33. The third-order valence-corrected chi connectivity index (χ3v) is 6.27. The van der Waals surface area contributed by atoms with Crippen LogP contribution in [0.5, 0.6) is 11.5 Å². The molecule has 1 fully saturated rings. The number of anilines is 1. The standard InChI is InChI=1S/C29H31N3O5/c1-6-20-11-9-10-12-24(20)31-18(4)15-21(19(31)5)16-23-27(33)30-29(35)32(28(23)34)25-14-13-22(36-7-2)17-26(25)37-8-3/h9-17H,6-8H2,1-5H3,(H,30,33,35)/b23-16+. The molecule has 0 spiro atoms. The number of urea groups is 1. The number of rotatable bonds is 8. The summed E-state index contributed by atoms with van der Waals surface area (Å²) in [6.07, 6.45) is 2.41. The van der Waals surface area contributed by atoms with Gasteiger partial charge in [-0.2, -0.15) is 0 Å². The van der Waals surface area contributed by atoms with Crippen molar-refractivity contribution in [1.82, 2.24) is 9.88 Å². The van der Waals surface area contributed by atoms with E-state index < -0.39 is 17.8 Å². The molecule has 4 amide bonds. The quantitative estimate of drug-likeness (QED) is 0.342. The van der Waals surface area contributed by atoms with Gasteiger partial charge in [0.05, 0.1) is 18.9 Å². The van der Waals surface area contributed by atoms with Gasteiger partial charge >= 0.3 is 6.03 Å². The molecule has 0 bridgehead atoms. The summed E-state index contributed by atoms with van der Waals surface area (Å²) in [5, 5.41) is 2.29. The first kappa shape index (κ1) is 25.8. The number of nitrogens with zero attached hydrogens (tertiary/aromatic N) is 2. The zero-order valence-corrected chi connectivity index (χ0v) is 21.8. The molecular weight excluding hydrogens is 470 g/mol. The van der Waals surface area contributed by atoms with Crippen LogP contribution in [0, 0.1) is 13.8 Å². The molecule has 8 nitrogen and oxygen atoms in total. The topological polar surface area (TPSA) is 89.9 Å². The van der Waals surface area contributed by atoms with E-state index in [2.05, 4.69) is 28.9 Å². The lowest BCUT2D eigenvalue weighted by Crippen LogP contribution is -2.54. The molecule has 4 rings (SSSR count). The van der Waals surface area contributed by atoms with E-state index in [0.717, 1.165) is 28.4 Å². The van der Waals surface area contributed by atoms with Crippen LogP contribution in [-0.4, -0.2) is 35.6 Å². The molecule has 1 aromatic heterocycles. The zero-order valence-electron chi connectivity index (χ0n) is 21.8. The third-order valence-electron chi connectivity index (χ3n) is 6.27. The second-order valence-electron chi connectivity index (χ2n) is 8.60. The van der Waals surface area contributed by atoms with Crippen molar-refractivity contribution in [1.29, 1.82) is 0 Å². The first-order valence-corrected chi connectivity index (χ1v) is 12.4. The van der Waals surface area contributed by atoms with E-state index in [9.17, 15) is 14.4 Å². The molecule has 2 heterocycles. The number of benzene rings is 2. The summed E-state index contributed by atoms with van der Waals surface area (Å²) in [7, 11) is 0. The number of amides is 4. The Morgan fingerprint density at radius 1 is 0.892 bits per heavy atom. The van der Waals surface area contributed by atoms with Crippen molar-refractivity contribution in [3.8, 4) is 17.2 Å². The maximum absolute atomic E-state index is 13.6. The third kappa shape index (κ3) is 4.87. The highest BCUT2D eigenvalue weighted by Crippen LogP contribution is 2.35. The first-order chi connectivity index (χ1) is 17.8. The molecule has 0 aliphatic carbocycles. The van der Waals surface area contributed by atoms with Crippen molar-refractivity contribution in [3.63, 3.8) is 0 Å². The summed E-state index contributed by atoms with van der Waals surface area (Å²) in [6, 6.07) is 14.1. The smallest absolute Gasteiger partial charge is 0.336 e. The molecule has 2 aromatic carbocycles. The number of barbiturate groups is 1. The molecule has 0 unspecified atom stereocenters. The predicted octanol–water partition coefficient (Wildman–Crippen LogP) is 5.12. The van der Waals surface area contributed by atoms with Gasteiger partial charge in [-0.05, 0) is 75.6 Å². The van der Waals surface area contributed by atoms with Crippen molar-refractivity contribution in [2.75, 3.05) is 18.1 Å². The monoisotopic (exact) mass is 501 g/mol. The molecule has 1 aliphatic heterocycles. The molecule has 37 heavy (non-hydrogen) atoms.